The molecule has 0 saturated carbocycles. The summed E-state index contributed by atoms with van der Waals surface area (Å²) < 4.78 is 7.01. The van der Waals surface area contributed by atoms with Crippen molar-refractivity contribution in [3.05, 3.63) is 180 Å². The third-order valence-corrected chi connectivity index (χ3v) is 10.4. The highest BCUT2D eigenvalue weighted by atomic mass is 16.5. The van der Waals surface area contributed by atoms with Crippen LogP contribution in [0.2, 0.25) is 0 Å². The number of para-hydroxylation sites is 2. The number of rotatable bonds is 4. The van der Waals surface area contributed by atoms with Gasteiger partial charge in [0.05, 0.1) is 5.41 Å². The van der Waals surface area contributed by atoms with Gasteiger partial charge in [0, 0.05) is 34.0 Å². The van der Waals surface area contributed by atoms with Crippen molar-refractivity contribution in [2.24, 2.45) is 4.99 Å². The molecule has 0 saturated heterocycles. The minimum Gasteiger partial charge on any atom is -0.456 e. The minimum atomic E-state index is -0.540. The van der Waals surface area contributed by atoms with E-state index in [-0.39, 0.29) is 6.04 Å². The summed E-state index contributed by atoms with van der Waals surface area (Å²) in [5.74, 6) is 3.70. The van der Waals surface area contributed by atoms with Crippen molar-refractivity contribution < 1.29 is 4.74 Å². The first-order chi connectivity index (χ1) is 24.8. The van der Waals surface area contributed by atoms with Gasteiger partial charge in [-0.15, -0.1) is 0 Å². The average Bonchev–Trinajstić information content (AvgIpc) is 3.49. The van der Waals surface area contributed by atoms with Crippen LogP contribution in [-0.4, -0.2) is 21.2 Å². The quantitative estimate of drug-likeness (QED) is 0.191. The smallest absolute Gasteiger partial charge is 0.164 e. The van der Waals surface area contributed by atoms with Gasteiger partial charge in [0.2, 0.25) is 0 Å². The first kappa shape index (κ1) is 28.8. The lowest BCUT2D eigenvalue weighted by Crippen LogP contribution is -2.32. The number of ether oxygens (including phenoxy) is 1. The molecule has 5 heteroatoms. The topological polar surface area (TPSA) is 60.3 Å². The second kappa shape index (κ2) is 11.5. The second-order valence-corrected chi connectivity index (χ2v) is 13.1. The van der Waals surface area contributed by atoms with Gasteiger partial charge in [0.1, 0.15) is 17.5 Å². The molecule has 0 bridgehead atoms. The number of hydrogen-bond acceptors (Lipinski definition) is 5. The highest BCUT2D eigenvalue weighted by molar-refractivity contribution is 5.92. The molecule has 0 N–H and O–H groups in total. The Kier molecular flexibility index (Phi) is 6.59. The summed E-state index contributed by atoms with van der Waals surface area (Å²) in [5.41, 5.74) is 10.7. The second-order valence-electron chi connectivity index (χ2n) is 13.1. The molecule has 2 aliphatic heterocycles. The number of nitrogens with zero attached hydrogens (tertiary/aromatic N) is 4. The highest BCUT2D eigenvalue weighted by Gasteiger charge is 2.51. The van der Waals surface area contributed by atoms with Crippen molar-refractivity contribution in [2.75, 3.05) is 0 Å². The van der Waals surface area contributed by atoms with Gasteiger partial charge in [-0.05, 0) is 59.2 Å². The predicted octanol–water partition coefficient (Wildman–Crippen LogP) is 10.5. The van der Waals surface area contributed by atoms with Crippen LogP contribution in [0.5, 0.6) is 11.5 Å². The zero-order chi connectivity index (χ0) is 33.1. The molecule has 5 aromatic carbocycles. The molecular formula is C45H32N4O. The molecule has 0 radical (unpaired) electrons. The Morgan fingerprint density at radius 3 is 1.96 bits per heavy atom. The fourth-order valence-electron chi connectivity index (χ4n) is 8.23. The van der Waals surface area contributed by atoms with Crippen LogP contribution in [0.1, 0.15) is 59.2 Å². The molecule has 0 amide bonds. The fraction of sp³-hybridized carbons (Fsp3) is 0.111. The predicted molar refractivity (Wildman–Crippen MR) is 199 cm³/mol. The summed E-state index contributed by atoms with van der Waals surface area (Å²) in [5, 5.41) is 0. The largest absolute Gasteiger partial charge is 0.456 e. The lowest BCUT2D eigenvalue weighted by atomic mass is 9.65. The molecule has 0 fully saturated rings. The first-order valence-corrected chi connectivity index (χ1v) is 17.3. The third-order valence-electron chi connectivity index (χ3n) is 10.4. The molecule has 238 valence electrons. The van der Waals surface area contributed by atoms with Gasteiger partial charge in [-0.25, -0.2) is 15.0 Å². The minimum absolute atomic E-state index is 0.160. The number of aliphatic imine (C=N–C) groups is 1. The van der Waals surface area contributed by atoms with E-state index in [1.54, 1.807) is 0 Å². The zero-order valence-corrected chi connectivity index (χ0v) is 27.3. The van der Waals surface area contributed by atoms with Crippen LogP contribution < -0.4 is 4.74 Å². The van der Waals surface area contributed by atoms with Crippen molar-refractivity contribution in [1.82, 2.24) is 15.0 Å². The summed E-state index contributed by atoms with van der Waals surface area (Å²) in [7, 11) is 0. The summed E-state index contributed by atoms with van der Waals surface area (Å²) in [6, 6.07) is 41.0. The van der Waals surface area contributed by atoms with Crippen molar-refractivity contribution >= 4 is 11.8 Å². The number of dihydropyridines is 1. The van der Waals surface area contributed by atoms with Crippen molar-refractivity contribution in [1.29, 1.82) is 0 Å². The Labute approximate surface area is 291 Å². The normalized spacial score (nSPS) is 17.4. The molecule has 1 spiro atoms. The van der Waals surface area contributed by atoms with Crippen molar-refractivity contribution in [2.45, 2.75) is 30.7 Å². The van der Waals surface area contributed by atoms with Gasteiger partial charge in [-0.2, -0.15) is 0 Å². The summed E-state index contributed by atoms with van der Waals surface area (Å²) in [6.07, 6.45) is 15.2. The molecular weight excluding hydrogens is 613 g/mol. The molecule has 5 nitrogen and oxygen atoms in total. The maximum Gasteiger partial charge on any atom is 0.164 e. The molecule has 1 unspecified atom stereocenters. The Bertz CT molecular complexity index is 2420. The Balaban J connectivity index is 1.21. The van der Waals surface area contributed by atoms with Crippen LogP contribution in [0.25, 0.3) is 39.2 Å². The van der Waals surface area contributed by atoms with E-state index in [0.29, 0.717) is 17.5 Å². The van der Waals surface area contributed by atoms with Crippen LogP contribution in [0.15, 0.2) is 151 Å². The fourth-order valence-corrected chi connectivity index (χ4v) is 8.23. The number of benzene rings is 5. The monoisotopic (exact) mass is 644 g/mol. The van der Waals surface area contributed by atoms with Gasteiger partial charge in [-0.1, -0.05) is 133 Å². The van der Waals surface area contributed by atoms with E-state index in [1.165, 1.54) is 22.3 Å². The molecule has 2 aliphatic carbocycles. The van der Waals surface area contributed by atoms with Crippen molar-refractivity contribution in [3.63, 3.8) is 0 Å². The van der Waals surface area contributed by atoms with Gasteiger partial charge in [0.15, 0.2) is 17.5 Å². The Morgan fingerprint density at radius 2 is 1.22 bits per heavy atom. The van der Waals surface area contributed by atoms with Crippen LogP contribution in [-0.2, 0) is 5.41 Å². The van der Waals surface area contributed by atoms with E-state index >= 15 is 0 Å². The van der Waals surface area contributed by atoms with E-state index in [2.05, 4.69) is 140 Å². The molecule has 1 aromatic heterocycles. The zero-order valence-electron chi connectivity index (χ0n) is 27.3. The molecule has 4 aliphatic rings. The molecule has 6 aromatic rings. The molecule has 1 atom stereocenters. The van der Waals surface area contributed by atoms with E-state index in [0.717, 1.165) is 64.2 Å². The summed E-state index contributed by atoms with van der Waals surface area (Å²) in [4.78, 5) is 20.0. The lowest BCUT2D eigenvalue weighted by Gasteiger charge is -2.40. The number of aromatic nitrogens is 3. The van der Waals surface area contributed by atoms with Crippen molar-refractivity contribution in [3.8, 4) is 45.1 Å². The maximum absolute atomic E-state index is 7.01. The highest BCUT2D eigenvalue weighted by Crippen LogP contribution is 2.63. The van der Waals surface area contributed by atoms with E-state index in [1.807, 2.05) is 12.3 Å². The SMILES string of the molecule is C1=CCC(c2nc(C3=CCCC=C3)nc(-c3ccccc3-c3cccc4c3Oc3ccccc3C43c4ccccc4-c4ccccc43)n2)N=C1. The first-order valence-electron chi connectivity index (χ1n) is 17.3. The van der Waals surface area contributed by atoms with Gasteiger partial charge in [0.25, 0.3) is 0 Å². The van der Waals surface area contributed by atoms with Crippen LogP contribution in [0.3, 0.4) is 0 Å². The van der Waals surface area contributed by atoms with Gasteiger partial charge < -0.3 is 4.74 Å². The molecule has 3 heterocycles. The standard InChI is InChI=1S/C45H32N4O/c1-2-15-29(16-3-1)42-47-43(49-44(48-42)39-26-12-13-28-46-39)34-20-5-4-17-30(34)33-21-14-25-38-41(33)50-40-27-11-10-24-37(40)45(38)35-22-8-6-18-31(35)32-19-7-9-23-36(32)45/h2,4-25,27-28,39H,1,3,26H2. The average molecular weight is 645 g/mol. The number of allylic oxidation sites excluding steroid dienone is 5. The molecule has 50 heavy (non-hydrogen) atoms. The van der Waals surface area contributed by atoms with Crippen LogP contribution in [0, 0.1) is 0 Å². The summed E-state index contributed by atoms with van der Waals surface area (Å²) in [6.45, 7) is 0. The Hall–Kier alpha value is -6.20. The van der Waals surface area contributed by atoms with Gasteiger partial charge >= 0.3 is 0 Å². The third kappa shape index (κ3) is 4.26. The maximum atomic E-state index is 7.01. The lowest BCUT2D eigenvalue weighted by molar-refractivity contribution is 0.438. The van der Waals surface area contributed by atoms with E-state index < -0.39 is 5.41 Å². The number of fused-ring (bicyclic) bond motifs is 9. The van der Waals surface area contributed by atoms with Crippen LogP contribution in [0.4, 0.5) is 0 Å². The number of hydrogen-bond donors (Lipinski definition) is 0. The van der Waals surface area contributed by atoms with Gasteiger partial charge in [-0.3, -0.25) is 4.99 Å². The van der Waals surface area contributed by atoms with Crippen LogP contribution >= 0.6 is 0 Å². The summed E-state index contributed by atoms with van der Waals surface area (Å²) >= 11 is 0. The van der Waals surface area contributed by atoms with E-state index in [4.69, 9.17) is 24.7 Å². The van der Waals surface area contributed by atoms with E-state index in [9.17, 15) is 0 Å². The molecule has 10 rings (SSSR count). The Morgan fingerprint density at radius 1 is 0.560 bits per heavy atom.